The molecule has 1 amide bonds. The highest BCUT2D eigenvalue weighted by atomic mass is 16.2. The van der Waals surface area contributed by atoms with E-state index in [9.17, 15) is 9.59 Å². The number of hydrogen-bond acceptors (Lipinski definition) is 3. The minimum Gasteiger partial charge on any atom is -0.339 e. The van der Waals surface area contributed by atoms with Crippen molar-refractivity contribution >= 4 is 11.7 Å². The molecule has 0 aliphatic carbocycles. The number of piperidine rings is 1. The van der Waals surface area contributed by atoms with Crippen molar-refractivity contribution < 1.29 is 9.59 Å². The molecule has 0 bridgehead atoms. The number of carbonyl (C=O) groups excluding carboxylic acids is 2. The average molecular weight is 435 g/mol. The Morgan fingerprint density at radius 2 is 1.41 bits per heavy atom. The van der Waals surface area contributed by atoms with E-state index in [1.54, 1.807) is 0 Å². The summed E-state index contributed by atoms with van der Waals surface area (Å²) in [5, 5.41) is 0. The Kier molecular flexibility index (Phi) is 8.63. The second-order valence-electron chi connectivity index (χ2n) is 9.38. The minimum absolute atomic E-state index is 0.00597. The smallest absolute Gasteiger partial charge is 0.253 e. The van der Waals surface area contributed by atoms with Gasteiger partial charge in [0.2, 0.25) is 0 Å². The molecule has 1 fully saturated rings. The Hall–Kier alpha value is -2.46. The van der Waals surface area contributed by atoms with Crippen LogP contribution in [0.1, 0.15) is 72.4 Å². The lowest BCUT2D eigenvalue weighted by Gasteiger charge is -2.31. The van der Waals surface area contributed by atoms with Crippen molar-refractivity contribution in [3.05, 3.63) is 70.8 Å². The molecule has 1 heterocycles. The summed E-state index contributed by atoms with van der Waals surface area (Å²) in [6.07, 6.45) is 2.50. The number of ketones is 1. The van der Waals surface area contributed by atoms with Crippen molar-refractivity contribution in [3.8, 4) is 0 Å². The maximum Gasteiger partial charge on any atom is 0.253 e. The van der Waals surface area contributed by atoms with E-state index in [0.717, 1.165) is 50.0 Å². The van der Waals surface area contributed by atoms with Gasteiger partial charge in [0, 0.05) is 36.7 Å². The van der Waals surface area contributed by atoms with Crippen molar-refractivity contribution in [1.29, 1.82) is 0 Å². The van der Waals surface area contributed by atoms with Gasteiger partial charge in [0.15, 0.2) is 5.78 Å². The third-order valence-corrected chi connectivity index (χ3v) is 6.54. The second-order valence-corrected chi connectivity index (χ2v) is 9.38. The molecular formula is C28H38N2O2. The summed E-state index contributed by atoms with van der Waals surface area (Å²) in [7, 11) is 0. The molecule has 0 radical (unpaired) electrons. The number of Topliss-reactive ketones (excluding diaryl/α,β-unsaturated/α-hetero) is 1. The van der Waals surface area contributed by atoms with Crippen LogP contribution in [-0.4, -0.2) is 47.7 Å². The van der Waals surface area contributed by atoms with Gasteiger partial charge in [-0.3, -0.25) is 14.5 Å². The van der Waals surface area contributed by atoms with E-state index >= 15 is 0 Å². The third-order valence-electron chi connectivity index (χ3n) is 6.54. The number of amides is 1. The van der Waals surface area contributed by atoms with E-state index in [-0.39, 0.29) is 17.6 Å². The summed E-state index contributed by atoms with van der Waals surface area (Å²) >= 11 is 0. The van der Waals surface area contributed by atoms with Gasteiger partial charge in [-0.15, -0.1) is 0 Å². The topological polar surface area (TPSA) is 40.6 Å². The Balaban J connectivity index is 1.53. The number of benzene rings is 2. The summed E-state index contributed by atoms with van der Waals surface area (Å²) in [5.74, 6) is 0.903. The summed E-state index contributed by atoms with van der Waals surface area (Å²) < 4.78 is 0. The van der Waals surface area contributed by atoms with Crippen LogP contribution >= 0.6 is 0 Å². The number of nitrogens with zero attached hydrogens (tertiary/aromatic N) is 2. The van der Waals surface area contributed by atoms with Crippen LogP contribution in [-0.2, 0) is 13.0 Å². The second kappa shape index (κ2) is 11.4. The van der Waals surface area contributed by atoms with Crippen molar-refractivity contribution in [2.75, 3.05) is 26.2 Å². The molecule has 0 saturated carbocycles. The summed E-state index contributed by atoms with van der Waals surface area (Å²) in [4.78, 5) is 30.2. The quantitative estimate of drug-likeness (QED) is 0.492. The number of carbonyl (C=O) groups is 2. The fourth-order valence-corrected chi connectivity index (χ4v) is 4.50. The molecule has 3 rings (SSSR count). The first-order valence-electron chi connectivity index (χ1n) is 12.1. The molecule has 0 spiro atoms. The Bertz CT molecular complexity index is 875. The predicted octanol–water partition coefficient (Wildman–Crippen LogP) is 5.46. The van der Waals surface area contributed by atoms with Gasteiger partial charge in [-0.1, -0.05) is 64.1 Å². The molecule has 2 aromatic carbocycles. The summed E-state index contributed by atoms with van der Waals surface area (Å²) in [5.41, 5.74) is 4.04. The fourth-order valence-electron chi connectivity index (χ4n) is 4.50. The molecule has 4 nitrogen and oxygen atoms in total. The predicted molar refractivity (Wildman–Crippen MR) is 131 cm³/mol. The van der Waals surface area contributed by atoms with Crippen LogP contribution in [0.4, 0.5) is 0 Å². The highest BCUT2D eigenvalue weighted by Gasteiger charge is 2.28. The summed E-state index contributed by atoms with van der Waals surface area (Å²) in [6, 6.07) is 16.1. The maximum atomic E-state index is 12.9. The zero-order valence-electron chi connectivity index (χ0n) is 20.1. The standard InChI is InChI=1S/C28H38N2O2/c1-5-29(6-2)20-23-9-13-26(14-10-23)28(32)30-17-15-25(16-18-30)27(31)24-11-7-22(8-12-24)19-21(3)4/h7-14,21,25H,5-6,15-20H2,1-4H3. The molecule has 0 aromatic heterocycles. The SMILES string of the molecule is CCN(CC)Cc1ccc(C(=O)N2CCC(C(=O)c3ccc(CC(C)C)cc3)CC2)cc1. The van der Waals surface area contributed by atoms with Crippen LogP contribution in [0.3, 0.4) is 0 Å². The molecule has 1 aliphatic heterocycles. The molecule has 4 heteroatoms. The monoisotopic (exact) mass is 434 g/mol. The number of likely N-dealkylation sites (tertiary alicyclic amines) is 1. The van der Waals surface area contributed by atoms with Crippen molar-refractivity contribution in [2.24, 2.45) is 11.8 Å². The highest BCUT2D eigenvalue weighted by molar-refractivity contribution is 5.98. The first kappa shape index (κ1) is 24.2. The molecule has 1 aliphatic rings. The molecule has 32 heavy (non-hydrogen) atoms. The van der Waals surface area contributed by atoms with E-state index in [1.165, 1.54) is 11.1 Å². The largest absolute Gasteiger partial charge is 0.339 e. The number of rotatable bonds is 9. The Morgan fingerprint density at radius 1 is 0.875 bits per heavy atom. The molecular weight excluding hydrogens is 396 g/mol. The van der Waals surface area contributed by atoms with Crippen LogP contribution in [0.5, 0.6) is 0 Å². The van der Waals surface area contributed by atoms with E-state index in [1.807, 2.05) is 29.2 Å². The zero-order valence-corrected chi connectivity index (χ0v) is 20.1. The van der Waals surface area contributed by atoms with E-state index < -0.39 is 0 Å². The average Bonchev–Trinajstić information content (AvgIpc) is 2.82. The molecule has 2 aromatic rings. The van der Waals surface area contributed by atoms with Crippen molar-refractivity contribution in [2.45, 2.75) is 53.5 Å². The molecule has 1 saturated heterocycles. The van der Waals surface area contributed by atoms with Crippen LogP contribution in [0.2, 0.25) is 0 Å². The van der Waals surface area contributed by atoms with E-state index in [4.69, 9.17) is 0 Å². The molecule has 0 N–H and O–H groups in total. The van der Waals surface area contributed by atoms with Crippen molar-refractivity contribution in [3.63, 3.8) is 0 Å². The van der Waals surface area contributed by atoms with Gasteiger partial charge < -0.3 is 4.90 Å². The fraction of sp³-hybridized carbons (Fsp3) is 0.500. The van der Waals surface area contributed by atoms with Gasteiger partial charge in [-0.2, -0.15) is 0 Å². The third kappa shape index (κ3) is 6.29. The van der Waals surface area contributed by atoms with Crippen molar-refractivity contribution in [1.82, 2.24) is 9.80 Å². The van der Waals surface area contributed by atoms with Gasteiger partial charge in [-0.25, -0.2) is 0 Å². The van der Waals surface area contributed by atoms with Crippen LogP contribution < -0.4 is 0 Å². The maximum absolute atomic E-state index is 12.9. The lowest BCUT2D eigenvalue weighted by Crippen LogP contribution is -2.40. The van der Waals surface area contributed by atoms with E-state index in [0.29, 0.717) is 19.0 Å². The highest BCUT2D eigenvalue weighted by Crippen LogP contribution is 2.24. The van der Waals surface area contributed by atoms with E-state index in [2.05, 4.69) is 56.9 Å². The van der Waals surface area contributed by atoms with Crippen LogP contribution in [0, 0.1) is 11.8 Å². The van der Waals surface area contributed by atoms with Gasteiger partial charge in [0.05, 0.1) is 0 Å². The summed E-state index contributed by atoms with van der Waals surface area (Å²) in [6.45, 7) is 13.0. The van der Waals surface area contributed by atoms with Crippen LogP contribution in [0.25, 0.3) is 0 Å². The minimum atomic E-state index is 0.00597. The first-order valence-corrected chi connectivity index (χ1v) is 12.1. The lowest BCUT2D eigenvalue weighted by atomic mass is 9.88. The number of hydrogen-bond donors (Lipinski definition) is 0. The molecule has 172 valence electrons. The molecule has 0 unspecified atom stereocenters. The lowest BCUT2D eigenvalue weighted by molar-refractivity contribution is 0.0650. The van der Waals surface area contributed by atoms with Gasteiger partial charge in [0.1, 0.15) is 0 Å². The Labute approximate surface area is 193 Å². The Morgan fingerprint density at radius 3 is 1.94 bits per heavy atom. The van der Waals surface area contributed by atoms with Gasteiger partial charge in [-0.05, 0) is 61.5 Å². The molecule has 0 atom stereocenters. The zero-order chi connectivity index (χ0) is 23.1. The van der Waals surface area contributed by atoms with Gasteiger partial charge in [0.25, 0.3) is 5.91 Å². The normalized spacial score (nSPS) is 14.9. The van der Waals surface area contributed by atoms with Gasteiger partial charge >= 0.3 is 0 Å². The van der Waals surface area contributed by atoms with Crippen LogP contribution in [0.15, 0.2) is 48.5 Å². The first-order chi connectivity index (χ1) is 15.4.